The molecule has 0 spiro atoms. The van der Waals surface area contributed by atoms with Gasteiger partial charge in [-0.3, -0.25) is 0 Å². The summed E-state index contributed by atoms with van der Waals surface area (Å²) in [6, 6.07) is 25.4. The van der Waals surface area contributed by atoms with E-state index >= 15 is 0 Å². The molecular weight excluding hydrogens is 468 g/mol. The first kappa shape index (κ1) is 25.5. The Hall–Kier alpha value is -4.18. The highest BCUT2D eigenvalue weighted by Gasteiger charge is 2.23. The van der Waals surface area contributed by atoms with E-state index in [4.69, 9.17) is 9.47 Å². The molecule has 4 heteroatoms. The Bertz CT molecular complexity index is 1560. The van der Waals surface area contributed by atoms with E-state index in [0.717, 1.165) is 22.6 Å². The molecule has 4 aromatic rings. The van der Waals surface area contributed by atoms with Gasteiger partial charge in [0.1, 0.15) is 11.5 Å². The van der Waals surface area contributed by atoms with Crippen LogP contribution in [-0.4, -0.2) is 35.0 Å². The smallest absolute Gasteiger partial charge is 0.292 e. The molecule has 0 bridgehead atoms. The van der Waals surface area contributed by atoms with Crippen LogP contribution in [0.1, 0.15) is 44.5 Å². The quantitative estimate of drug-likeness (QED) is 0.265. The highest BCUT2D eigenvalue weighted by molar-refractivity contribution is 5.83. The summed E-state index contributed by atoms with van der Waals surface area (Å²) < 4.78 is 16.2. The van der Waals surface area contributed by atoms with E-state index in [-0.39, 0.29) is 0 Å². The minimum absolute atomic E-state index is 0.571. The van der Waals surface area contributed by atoms with E-state index in [1.165, 1.54) is 44.8 Å². The van der Waals surface area contributed by atoms with Crippen LogP contribution in [-0.2, 0) is 0 Å². The van der Waals surface area contributed by atoms with E-state index in [0.29, 0.717) is 13.5 Å². The molecule has 0 saturated carbocycles. The van der Waals surface area contributed by atoms with Crippen molar-refractivity contribution in [1.82, 2.24) is 0 Å². The van der Waals surface area contributed by atoms with Gasteiger partial charge in [-0.05, 0) is 70.9 Å². The lowest BCUT2D eigenvalue weighted by atomic mass is 10.1. The zero-order valence-corrected chi connectivity index (χ0v) is 23.2. The lowest BCUT2D eigenvalue weighted by molar-refractivity contribution is -0.477. The maximum atomic E-state index is 5.93. The first-order valence-corrected chi connectivity index (χ1v) is 13.1. The molecule has 38 heavy (non-hydrogen) atoms. The van der Waals surface area contributed by atoms with E-state index in [1.54, 1.807) is 0 Å². The summed E-state index contributed by atoms with van der Waals surface area (Å²) in [5.74, 6) is 2.01. The number of aryl methyl sites for hydroxylation is 6. The lowest BCUT2D eigenvalue weighted by Gasteiger charge is -2.17. The van der Waals surface area contributed by atoms with Gasteiger partial charge >= 0.3 is 0 Å². The largest absolute Gasteiger partial charge is 0.435 e. The van der Waals surface area contributed by atoms with Gasteiger partial charge in [0.15, 0.2) is 12.4 Å². The van der Waals surface area contributed by atoms with Crippen molar-refractivity contribution in [3.05, 3.63) is 117 Å². The third kappa shape index (κ3) is 5.12. The second kappa shape index (κ2) is 10.7. The maximum absolute atomic E-state index is 5.93. The van der Waals surface area contributed by atoms with Crippen molar-refractivity contribution in [3.8, 4) is 11.5 Å². The molecule has 0 unspecified atom stereocenters. The first-order valence-electron chi connectivity index (χ1n) is 13.1. The second-order valence-corrected chi connectivity index (χ2v) is 10.3. The van der Waals surface area contributed by atoms with Crippen LogP contribution in [0, 0.1) is 41.5 Å². The third-order valence-corrected chi connectivity index (χ3v) is 7.16. The molecule has 0 aromatic heterocycles. The molecule has 6 rings (SSSR count). The van der Waals surface area contributed by atoms with Crippen LogP contribution in [0.25, 0.3) is 0 Å². The van der Waals surface area contributed by atoms with Crippen molar-refractivity contribution < 1.29 is 18.6 Å². The summed E-state index contributed by atoms with van der Waals surface area (Å²) in [4.78, 5) is 0. The number of para-hydroxylation sites is 3. The van der Waals surface area contributed by atoms with Crippen LogP contribution in [0.3, 0.4) is 0 Å². The summed E-state index contributed by atoms with van der Waals surface area (Å²) in [5.41, 5.74) is 12.2. The number of fused-ring (bicyclic) bond motifs is 2. The molecule has 4 aromatic carbocycles. The van der Waals surface area contributed by atoms with Gasteiger partial charge in [0.25, 0.3) is 13.5 Å². The van der Waals surface area contributed by atoms with Gasteiger partial charge in [-0.15, -0.1) is 0 Å². The molecule has 0 aliphatic carbocycles. The fraction of sp³-hybridized carbons (Fsp3) is 0.235. The predicted octanol–water partition coefficient (Wildman–Crippen LogP) is 7.45. The van der Waals surface area contributed by atoms with Gasteiger partial charge in [0.05, 0.1) is 11.1 Å². The maximum Gasteiger partial charge on any atom is 0.292 e. The molecule has 2 aliphatic rings. The molecule has 0 N–H and O–H groups in total. The van der Waals surface area contributed by atoms with Crippen molar-refractivity contribution in [2.75, 3.05) is 13.5 Å². The molecule has 2 heterocycles. The van der Waals surface area contributed by atoms with Crippen molar-refractivity contribution in [1.29, 1.82) is 0 Å². The number of hydrogen-bond donors (Lipinski definition) is 0. The Morgan fingerprint density at radius 3 is 1.61 bits per heavy atom. The molecule has 2 aliphatic heterocycles. The van der Waals surface area contributed by atoms with Crippen molar-refractivity contribution in [2.45, 2.75) is 41.5 Å². The number of benzene rings is 4. The van der Waals surface area contributed by atoms with Gasteiger partial charge in [-0.2, -0.15) is 9.15 Å². The summed E-state index contributed by atoms with van der Waals surface area (Å²) in [5, 5.41) is 0. The van der Waals surface area contributed by atoms with Crippen LogP contribution in [0.2, 0.25) is 0 Å². The van der Waals surface area contributed by atoms with Gasteiger partial charge in [-0.1, -0.05) is 54.1 Å². The molecule has 0 fully saturated rings. The Morgan fingerprint density at radius 1 is 0.526 bits per heavy atom. The standard InChI is InChI=1S/2C17H18NO/c1-12-6-4-7-13(2)16(12)18-10-15-9-5-8-14(3)17(15)19-11-18;1-12-7-8-16(14(3)9-12)18-10-15-6-4-5-13(2)17(15)19-11-18/h2*4-10H,11H2,1-3H3/q2*+1. The fourth-order valence-electron chi connectivity index (χ4n) is 5.28. The van der Waals surface area contributed by atoms with Crippen LogP contribution in [0.5, 0.6) is 11.5 Å². The Morgan fingerprint density at radius 2 is 1.03 bits per heavy atom. The van der Waals surface area contributed by atoms with E-state index in [1.807, 2.05) is 0 Å². The predicted molar refractivity (Wildman–Crippen MR) is 155 cm³/mol. The van der Waals surface area contributed by atoms with Gasteiger partial charge in [0.2, 0.25) is 11.4 Å². The van der Waals surface area contributed by atoms with E-state index < -0.39 is 0 Å². The number of hydrogen-bond acceptors (Lipinski definition) is 2. The highest BCUT2D eigenvalue weighted by Crippen LogP contribution is 2.30. The van der Waals surface area contributed by atoms with Crippen LogP contribution in [0.15, 0.2) is 72.8 Å². The van der Waals surface area contributed by atoms with Gasteiger partial charge < -0.3 is 9.47 Å². The molecule has 0 radical (unpaired) electrons. The molecule has 4 nitrogen and oxygen atoms in total. The molecule has 0 saturated heterocycles. The van der Waals surface area contributed by atoms with Crippen molar-refractivity contribution in [3.63, 3.8) is 0 Å². The fourth-order valence-corrected chi connectivity index (χ4v) is 5.28. The number of nitrogens with zero attached hydrogens (tertiary/aromatic N) is 2. The zero-order chi connectivity index (χ0) is 26.8. The Labute approximate surface area is 226 Å². The van der Waals surface area contributed by atoms with E-state index in [9.17, 15) is 0 Å². The minimum atomic E-state index is 0.571. The second-order valence-electron chi connectivity index (χ2n) is 10.3. The molecule has 0 amide bonds. The summed E-state index contributed by atoms with van der Waals surface area (Å²) >= 11 is 0. The third-order valence-electron chi connectivity index (χ3n) is 7.16. The van der Waals surface area contributed by atoms with Gasteiger partial charge in [0, 0.05) is 22.8 Å². The molecule has 0 atom stereocenters. The van der Waals surface area contributed by atoms with Crippen molar-refractivity contribution >= 4 is 23.8 Å². The highest BCUT2D eigenvalue weighted by atomic mass is 16.5. The number of rotatable bonds is 2. The average molecular weight is 505 g/mol. The molecule has 192 valence electrons. The van der Waals surface area contributed by atoms with Crippen molar-refractivity contribution in [2.24, 2.45) is 0 Å². The van der Waals surface area contributed by atoms with Crippen LogP contribution >= 0.6 is 0 Å². The Kier molecular flexibility index (Phi) is 7.15. The number of ether oxygens (including phenoxy) is 2. The summed E-state index contributed by atoms with van der Waals surface area (Å²) in [7, 11) is 0. The normalized spacial score (nSPS) is 13.5. The topological polar surface area (TPSA) is 24.5 Å². The monoisotopic (exact) mass is 504 g/mol. The summed E-state index contributed by atoms with van der Waals surface area (Å²) in [6.45, 7) is 13.9. The van der Waals surface area contributed by atoms with Crippen LogP contribution < -0.4 is 9.47 Å². The zero-order valence-electron chi connectivity index (χ0n) is 23.2. The first-order chi connectivity index (χ1) is 18.3. The SMILES string of the molecule is Cc1ccc([N+]2=Cc3cccc(C)c3OC2)c(C)c1.Cc1cccc2c1OC[N+](c1c(C)cccc1C)=C2. The average Bonchev–Trinajstić information content (AvgIpc) is 2.89. The minimum Gasteiger partial charge on any atom is -0.435 e. The molecular formula is C34H36N2O2+2. The van der Waals surface area contributed by atoms with Crippen LogP contribution in [0.4, 0.5) is 11.4 Å². The summed E-state index contributed by atoms with van der Waals surface area (Å²) in [6.07, 6.45) is 4.35. The van der Waals surface area contributed by atoms with Gasteiger partial charge in [-0.25, -0.2) is 0 Å². The lowest BCUT2D eigenvalue weighted by Crippen LogP contribution is -2.22. The Balaban J connectivity index is 0.000000155. The van der Waals surface area contributed by atoms with E-state index in [2.05, 4.69) is 136 Å².